The fraction of sp³-hybridized carbons (Fsp3) is 0.444. The number of hydrogen-bond donors (Lipinski definition) is 2. The summed E-state index contributed by atoms with van der Waals surface area (Å²) >= 11 is 0. The van der Waals surface area contributed by atoms with Gasteiger partial charge in [0.25, 0.3) is 0 Å². The minimum absolute atomic E-state index is 0.256. The van der Waals surface area contributed by atoms with Gasteiger partial charge >= 0.3 is 0 Å². The molecule has 0 fully saturated rings. The second-order valence-electron chi connectivity index (χ2n) is 2.99. The molecule has 0 saturated carbocycles. The van der Waals surface area contributed by atoms with Crippen LogP contribution in [0.2, 0.25) is 0 Å². The molecule has 0 radical (unpaired) electrons. The lowest BCUT2D eigenvalue weighted by Gasteiger charge is -2.09. The van der Waals surface area contributed by atoms with Crippen molar-refractivity contribution in [1.82, 2.24) is 10.3 Å². The van der Waals surface area contributed by atoms with Crippen molar-refractivity contribution in [2.75, 3.05) is 6.54 Å². The summed E-state index contributed by atoms with van der Waals surface area (Å²) in [6, 6.07) is 3.31. The summed E-state index contributed by atoms with van der Waals surface area (Å²) in [4.78, 5) is 3.91. The van der Waals surface area contributed by atoms with E-state index in [4.69, 9.17) is 5.73 Å². The van der Waals surface area contributed by atoms with Gasteiger partial charge in [0.1, 0.15) is 5.82 Å². The lowest BCUT2D eigenvalue weighted by Crippen LogP contribution is -2.32. The van der Waals surface area contributed by atoms with Crippen molar-refractivity contribution in [2.45, 2.75) is 19.5 Å². The maximum Gasteiger partial charge on any atom is 0.141 e. The smallest absolute Gasteiger partial charge is 0.141 e. The van der Waals surface area contributed by atoms with E-state index in [9.17, 15) is 4.39 Å². The predicted molar refractivity (Wildman–Crippen MR) is 49.6 cm³/mol. The summed E-state index contributed by atoms with van der Waals surface area (Å²) in [6.45, 7) is 3.20. The molecule has 1 aromatic rings. The molecule has 0 unspecified atom stereocenters. The van der Waals surface area contributed by atoms with Crippen LogP contribution in [0.3, 0.4) is 0 Å². The first kappa shape index (κ1) is 10.1. The van der Waals surface area contributed by atoms with E-state index in [0.717, 1.165) is 5.69 Å². The van der Waals surface area contributed by atoms with Gasteiger partial charge < -0.3 is 11.1 Å². The van der Waals surface area contributed by atoms with Crippen LogP contribution >= 0.6 is 0 Å². The van der Waals surface area contributed by atoms with Crippen molar-refractivity contribution in [3.8, 4) is 0 Å². The van der Waals surface area contributed by atoms with Gasteiger partial charge in [-0.3, -0.25) is 4.98 Å². The van der Waals surface area contributed by atoms with Gasteiger partial charge in [0.15, 0.2) is 0 Å². The van der Waals surface area contributed by atoms with Crippen molar-refractivity contribution in [2.24, 2.45) is 5.73 Å². The van der Waals surface area contributed by atoms with Crippen LogP contribution in [0.4, 0.5) is 4.39 Å². The molecular weight excluding hydrogens is 169 g/mol. The van der Waals surface area contributed by atoms with Crippen molar-refractivity contribution >= 4 is 0 Å². The highest BCUT2D eigenvalue weighted by atomic mass is 19.1. The third kappa shape index (κ3) is 3.48. The highest BCUT2D eigenvalue weighted by Gasteiger charge is 1.99. The SMILES string of the molecule is C[C@H](CN)NCc1ccc(F)cn1. The van der Waals surface area contributed by atoms with Crippen molar-refractivity contribution in [3.63, 3.8) is 0 Å². The standard InChI is InChI=1S/C9H14FN3/c1-7(4-11)12-6-9-3-2-8(10)5-13-9/h2-3,5,7,12H,4,6,11H2,1H3/t7-/m1/s1. The van der Waals surface area contributed by atoms with Gasteiger partial charge in [-0.15, -0.1) is 0 Å². The van der Waals surface area contributed by atoms with E-state index in [0.29, 0.717) is 13.1 Å². The minimum Gasteiger partial charge on any atom is -0.329 e. The molecule has 0 amide bonds. The van der Waals surface area contributed by atoms with Gasteiger partial charge in [0.05, 0.1) is 11.9 Å². The summed E-state index contributed by atoms with van der Waals surface area (Å²) in [5.41, 5.74) is 6.24. The summed E-state index contributed by atoms with van der Waals surface area (Å²) < 4.78 is 12.4. The number of hydrogen-bond acceptors (Lipinski definition) is 3. The third-order valence-corrected chi connectivity index (χ3v) is 1.77. The number of rotatable bonds is 4. The first-order chi connectivity index (χ1) is 6.22. The average molecular weight is 183 g/mol. The first-order valence-corrected chi connectivity index (χ1v) is 4.26. The Hall–Kier alpha value is -1.00. The topological polar surface area (TPSA) is 50.9 Å². The van der Waals surface area contributed by atoms with Gasteiger partial charge in [-0.2, -0.15) is 0 Å². The molecule has 72 valence electrons. The second kappa shape index (κ2) is 4.89. The van der Waals surface area contributed by atoms with Crippen LogP contribution in [-0.4, -0.2) is 17.6 Å². The van der Waals surface area contributed by atoms with E-state index in [-0.39, 0.29) is 11.9 Å². The number of pyridine rings is 1. The summed E-state index contributed by atoms with van der Waals surface area (Å²) in [6.07, 6.45) is 1.21. The Labute approximate surface area is 77.2 Å². The number of nitrogens with zero attached hydrogens (tertiary/aromatic N) is 1. The van der Waals surface area contributed by atoms with E-state index in [1.165, 1.54) is 12.3 Å². The van der Waals surface area contributed by atoms with Gasteiger partial charge in [0.2, 0.25) is 0 Å². The molecule has 1 atom stereocenters. The average Bonchev–Trinajstić information content (AvgIpc) is 2.16. The molecule has 0 aliphatic rings. The van der Waals surface area contributed by atoms with Gasteiger partial charge in [-0.25, -0.2) is 4.39 Å². The van der Waals surface area contributed by atoms with Crippen molar-refractivity contribution in [3.05, 3.63) is 29.8 Å². The molecule has 3 nitrogen and oxygen atoms in total. The molecular formula is C9H14FN3. The fourth-order valence-corrected chi connectivity index (χ4v) is 0.873. The van der Waals surface area contributed by atoms with Crippen LogP contribution < -0.4 is 11.1 Å². The molecule has 13 heavy (non-hydrogen) atoms. The zero-order chi connectivity index (χ0) is 9.68. The Morgan fingerprint density at radius 1 is 1.62 bits per heavy atom. The summed E-state index contributed by atoms with van der Waals surface area (Å²) in [5, 5.41) is 3.16. The van der Waals surface area contributed by atoms with E-state index in [1.54, 1.807) is 6.07 Å². The molecule has 1 rings (SSSR count). The fourth-order valence-electron chi connectivity index (χ4n) is 0.873. The molecule has 0 aliphatic carbocycles. The molecule has 1 aromatic heterocycles. The van der Waals surface area contributed by atoms with Gasteiger partial charge in [0, 0.05) is 19.1 Å². The Morgan fingerprint density at radius 2 is 2.38 bits per heavy atom. The first-order valence-electron chi connectivity index (χ1n) is 4.26. The normalized spacial score (nSPS) is 12.8. The minimum atomic E-state index is -0.310. The Bertz CT molecular complexity index is 248. The molecule has 0 saturated heterocycles. The third-order valence-electron chi connectivity index (χ3n) is 1.77. The lowest BCUT2D eigenvalue weighted by atomic mass is 10.3. The number of aromatic nitrogens is 1. The number of nitrogens with one attached hydrogen (secondary N) is 1. The predicted octanol–water partition coefficient (Wildman–Crippen LogP) is 0.657. The molecule has 0 aromatic carbocycles. The highest BCUT2D eigenvalue weighted by Crippen LogP contribution is 1.97. The van der Waals surface area contributed by atoms with Crippen molar-refractivity contribution < 1.29 is 4.39 Å². The monoisotopic (exact) mass is 183 g/mol. The van der Waals surface area contributed by atoms with Gasteiger partial charge in [-0.05, 0) is 19.1 Å². The zero-order valence-electron chi connectivity index (χ0n) is 7.63. The molecule has 0 bridgehead atoms. The van der Waals surface area contributed by atoms with Gasteiger partial charge in [-0.1, -0.05) is 0 Å². The summed E-state index contributed by atoms with van der Waals surface area (Å²) in [7, 11) is 0. The van der Waals surface area contributed by atoms with E-state index in [1.807, 2.05) is 6.92 Å². The molecule has 0 spiro atoms. The van der Waals surface area contributed by atoms with Crippen LogP contribution in [-0.2, 0) is 6.54 Å². The largest absolute Gasteiger partial charge is 0.329 e. The molecule has 0 aliphatic heterocycles. The van der Waals surface area contributed by atoms with Crippen LogP contribution in [0.5, 0.6) is 0 Å². The maximum absolute atomic E-state index is 12.4. The zero-order valence-corrected chi connectivity index (χ0v) is 7.63. The second-order valence-corrected chi connectivity index (χ2v) is 2.99. The highest BCUT2D eigenvalue weighted by molar-refractivity contribution is 5.04. The van der Waals surface area contributed by atoms with Crippen LogP contribution in [0, 0.1) is 5.82 Å². The maximum atomic E-state index is 12.4. The van der Waals surface area contributed by atoms with Crippen LogP contribution in [0.15, 0.2) is 18.3 Å². The van der Waals surface area contributed by atoms with E-state index in [2.05, 4.69) is 10.3 Å². The van der Waals surface area contributed by atoms with Crippen LogP contribution in [0.25, 0.3) is 0 Å². The molecule has 3 N–H and O–H groups in total. The Balaban J connectivity index is 2.41. The van der Waals surface area contributed by atoms with Crippen LogP contribution in [0.1, 0.15) is 12.6 Å². The molecule has 4 heteroatoms. The van der Waals surface area contributed by atoms with E-state index >= 15 is 0 Å². The lowest BCUT2D eigenvalue weighted by molar-refractivity contribution is 0.548. The van der Waals surface area contributed by atoms with E-state index < -0.39 is 0 Å². The quantitative estimate of drug-likeness (QED) is 0.721. The van der Waals surface area contributed by atoms with Crippen molar-refractivity contribution in [1.29, 1.82) is 0 Å². The number of nitrogens with two attached hydrogens (primary N) is 1. The molecule has 1 heterocycles. The Morgan fingerprint density at radius 3 is 2.92 bits per heavy atom. The number of halogens is 1. The Kier molecular flexibility index (Phi) is 3.79. The summed E-state index contributed by atoms with van der Waals surface area (Å²) in [5.74, 6) is -0.310.